The number of hydrogen-bond acceptors (Lipinski definition) is 6. The smallest absolute Gasteiger partial charge is 0.391 e. The summed E-state index contributed by atoms with van der Waals surface area (Å²) >= 11 is 0. The van der Waals surface area contributed by atoms with Crippen LogP contribution in [0.2, 0.25) is 0 Å². The molecule has 0 saturated heterocycles. The molecule has 0 amide bonds. The van der Waals surface area contributed by atoms with Crippen molar-refractivity contribution in [2.45, 2.75) is 44.4 Å². The number of halogens is 3. The molecule has 182 valence electrons. The van der Waals surface area contributed by atoms with Gasteiger partial charge in [-0.1, -0.05) is 18.2 Å². The van der Waals surface area contributed by atoms with Crippen LogP contribution >= 0.6 is 0 Å². The van der Waals surface area contributed by atoms with Gasteiger partial charge in [0.05, 0.1) is 18.1 Å². The van der Waals surface area contributed by atoms with E-state index < -0.39 is 30.1 Å². The van der Waals surface area contributed by atoms with E-state index >= 15 is 0 Å². The van der Waals surface area contributed by atoms with E-state index in [-0.39, 0.29) is 32.3 Å². The van der Waals surface area contributed by atoms with Crippen LogP contribution in [0.3, 0.4) is 0 Å². The summed E-state index contributed by atoms with van der Waals surface area (Å²) in [5, 5.41) is 0. The zero-order valence-electron chi connectivity index (χ0n) is 18.5. The first-order valence-electron chi connectivity index (χ1n) is 11.0. The summed E-state index contributed by atoms with van der Waals surface area (Å²) < 4.78 is 48.8. The van der Waals surface area contributed by atoms with Gasteiger partial charge in [-0.15, -0.1) is 0 Å². The third-order valence-corrected chi connectivity index (χ3v) is 5.75. The Morgan fingerprint density at radius 3 is 2.29 bits per heavy atom. The lowest BCUT2D eigenvalue weighted by atomic mass is 9.87. The van der Waals surface area contributed by atoms with Crippen LogP contribution in [0.5, 0.6) is 0 Å². The summed E-state index contributed by atoms with van der Waals surface area (Å²) in [6, 6.07) is 11.5. The number of nitrogens with two attached hydrogens (primary N) is 2. The minimum atomic E-state index is -4.20. The van der Waals surface area contributed by atoms with Crippen LogP contribution in [0, 0.1) is 5.92 Å². The van der Waals surface area contributed by atoms with Crippen molar-refractivity contribution < 1.29 is 32.2 Å². The number of nitrogen functional groups attached to an aromatic ring is 2. The molecule has 0 aliphatic heterocycles. The normalized spacial score (nSPS) is 18.6. The van der Waals surface area contributed by atoms with Crippen molar-refractivity contribution in [2.24, 2.45) is 5.92 Å². The highest BCUT2D eigenvalue weighted by Gasteiger charge is 2.42. The molecule has 3 rings (SSSR count). The Labute approximate surface area is 195 Å². The molecule has 0 unspecified atom stereocenters. The highest BCUT2D eigenvalue weighted by molar-refractivity contribution is 5.90. The summed E-state index contributed by atoms with van der Waals surface area (Å²) in [5.74, 6) is -2.42. The van der Waals surface area contributed by atoms with E-state index in [9.17, 15) is 22.8 Å². The molecule has 34 heavy (non-hydrogen) atoms. The number of anilines is 2. The van der Waals surface area contributed by atoms with Crippen molar-refractivity contribution in [3.63, 3.8) is 0 Å². The summed E-state index contributed by atoms with van der Waals surface area (Å²) in [5.41, 5.74) is 14.4. The zero-order chi connectivity index (χ0) is 24.7. The molecule has 1 fully saturated rings. The predicted octanol–water partition coefficient (Wildman–Crippen LogP) is 4.93. The summed E-state index contributed by atoms with van der Waals surface area (Å²) in [7, 11) is 0. The Hall–Kier alpha value is -3.49. The SMILES string of the molecule is Nc1ccc(CCOC(=O)/C=C/c2ccc(C(=O)OC3CCC(C(F)(F)F)CC3)cc2)c(N)c1. The monoisotopic (exact) mass is 476 g/mol. The van der Waals surface area contributed by atoms with Crippen LogP contribution in [-0.2, 0) is 20.7 Å². The van der Waals surface area contributed by atoms with E-state index in [4.69, 9.17) is 20.9 Å². The molecular weight excluding hydrogens is 449 g/mol. The van der Waals surface area contributed by atoms with E-state index in [2.05, 4.69) is 0 Å². The molecule has 4 N–H and O–H groups in total. The van der Waals surface area contributed by atoms with E-state index in [0.717, 1.165) is 5.56 Å². The van der Waals surface area contributed by atoms with Gasteiger partial charge in [-0.05, 0) is 67.2 Å². The maximum atomic E-state index is 12.8. The molecule has 1 aliphatic carbocycles. The number of hydrogen-bond donors (Lipinski definition) is 2. The molecule has 1 saturated carbocycles. The second-order valence-corrected chi connectivity index (χ2v) is 8.25. The van der Waals surface area contributed by atoms with Gasteiger partial charge in [0.25, 0.3) is 0 Å². The quantitative estimate of drug-likeness (QED) is 0.334. The number of benzene rings is 2. The number of esters is 2. The molecule has 0 bridgehead atoms. The van der Waals surface area contributed by atoms with Gasteiger partial charge in [-0.25, -0.2) is 9.59 Å². The Bertz CT molecular complexity index is 1030. The third-order valence-electron chi connectivity index (χ3n) is 5.75. The standard InChI is InChI=1S/C25H27F3N2O4/c26-25(27,28)19-7-10-21(11-8-19)34-24(32)18-4-1-16(2-5-18)3-12-23(31)33-14-13-17-6-9-20(29)15-22(17)30/h1-6,9,12,15,19,21H,7-8,10-11,13-14,29-30H2/b12-3+. The van der Waals surface area contributed by atoms with Crippen LogP contribution in [0.15, 0.2) is 48.5 Å². The van der Waals surface area contributed by atoms with Gasteiger partial charge >= 0.3 is 18.1 Å². The number of alkyl halides is 3. The number of rotatable bonds is 7. The van der Waals surface area contributed by atoms with Crippen molar-refractivity contribution in [1.29, 1.82) is 0 Å². The van der Waals surface area contributed by atoms with Crippen LogP contribution in [0.4, 0.5) is 24.5 Å². The topological polar surface area (TPSA) is 105 Å². The zero-order valence-corrected chi connectivity index (χ0v) is 18.5. The van der Waals surface area contributed by atoms with Gasteiger partial charge in [0, 0.05) is 23.9 Å². The molecule has 1 aliphatic rings. The fourth-order valence-electron chi connectivity index (χ4n) is 3.77. The molecule has 0 heterocycles. The fourth-order valence-corrected chi connectivity index (χ4v) is 3.77. The van der Waals surface area contributed by atoms with E-state index in [1.165, 1.54) is 6.08 Å². The highest BCUT2D eigenvalue weighted by atomic mass is 19.4. The molecule has 2 aromatic rings. The first kappa shape index (κ1) is 25.1. The summed E-state index contributed by atoms with van der Waals surface area (Å²) in [6.07, 6.45) is -1.09. The van der Waals surface area contributed by atoms with Crippen LogP contribution < -0.4 is 11.5 Å². The van der Waals surface area contributed by atoms with Gasteiger partial charge in [0.1, 0.15) is 6.10 Å². The lowest BCUT2D eigenvalue weighted by Gasteiger charge is -2.29. The van der Waals surface area contributed by atoms with Gasteiger partial charge in [0.2, 0.25) is 0 Å². The molecule has 0 spiro atoms. The molecule has 9 heteroatoms. The summed E-state index contributed by atoms with van der Waals surface area (Å²) in [6.45, 7) is 0.160. The van der Waals surface area contributed by atoms with Crippen LogP contribution in [-0.4, -0.2) is 30.8 Å². The Morgan fingerprint density at radius 1 is 1.00 bits per heavy atom. The van der Waals surface area contributed by atoms with Crippen molar-refractivity contribution >= 4 is 29.4 Å². The molecular formula is C25H27F3N2O4. The fraction of sp³-hybridized carbons (Fsp3) is 0.360. The lowest BCUT2D eigenvalue weighted by molar-refractivity contribution is -0.185. The average Bonchev–Trinajstić information content (AvgIpc) is 2.79. The van der Waals surface area contributed by atoms with Crippen molar-refractivity contribution in [1.82, 2.24) is 0 Å². The molecule has 6 nitrogen and oxygen atoms in total. The minimum Gasteiger partial charge on any atom is -0.462 e. The second-order valence-electron chi connectivity index (χ2n) is 8.25. The Balaban J connectivity index is 1.43. The maximum absolute atomic E-state index is 12.8. The van der Waals surface area contributed by atoms with E-state index in [1.807, 2.05) is 0 Å². The first-order chi connectivity index (χ1) is 16.1. The minimum absolute atomic E-state index is 0.0331. The van der Waals surface area contributed by atoms with Gasteiger partial charge in [-0.2, -0.15) is 13.2 Å². The third kappa shape index (κ3) is 7.26. The van der Waals surface area contributed by atoms with Crippen LogP contribution in [0.1, 0.15) is 47.2 Å². The average molecular weight is 476 g/mol. The van der Waals surface area contributed by atoms with Gasteiger partial charge in [-0.3, -0.25) is 0 Å². The Morgan fingerprint density at radius 2 is 1.68 bits per heavy atom. The lowest BCUT2D eigenvalue weighted by Crippen LogP contribution is -2.31. The highest BCUT2D eigenvalue weighted by Crippen LogP contribution is 2.38. The molecule has 0 aromatic heterocycles. The number of carbonyl (C=O) groups excluding carboxylic acids is 2. The van der Waals surface area contributed by atoms with Gasteiger partial charge < -0.3 is 20.9 Å². The van der Waals surface area contributed by atoms with Gasteiger partial charge in [0.15, 0.2) is 0 Å². The number of carbonyl (C=O) groups is 2. The van der Waals surface area contributed by atoms with Crippen molar-refractivity contribution in [3.8, 4) is 0 Å². The molecule has 2 aromatic carbocycles. The van der Waals surface area contributed by atoms with Crippen molar-refractivity contribution in [2.75, 3.05) is 18.1 Å². The maximum Gasteiger partial charge on any atom is 0.391 e. The first-order valence-corrected chi connectivity index (χ1v) is 11.0. The summed E-state index contributed by atoms with van der Waals surface area (Å²) in [4.78, 5) is 24.2. The molecule has 0 atom stereocenters. The predicted molar refractivity (Wildman–Crippen MR) is 123 cm³/mol. The number of ether oxygens (including phenoxy) is 2. The Kier molecular flexibility index (Phi) is 8.20. The van der Waals surface area contributed by atoms with E-state index in [1.54, 1.807) is 48.5 Å². The largest absolute Gasteiger partial charge is 0.462 e. The van der Waals surface area contributed by atoms with Crippen molar-refractivity contribution in [3.05, 3.63) is 65.2 Å². The van der Waals surface area contributed by atoms with Crippen LogP contribution in [0.25, 0.3) is 6.08 Å². The second kappa shape index (κ2) is 11.1. The van der Waals surface area contributed by atoms with E-state index in [0.29, 0.717) is 28.9 Å². The molecule has 0 radical (unpaired) electrons.